The van der Waals surface area contributed by atoms with Crippen LogP contribution in [0.1, 0.15) is 310 Å². The van der Waals surface area contributed by atoms with Crippen molar-refractivity contribution < 1.29 is 28.6 Å². The molecule has 0 rings (SSSR count). The average Bonchev–Trinajstić information content (AvgIpc) is 3.27. The van der Waals surface area contributed by atoms with Crippen LogP contribution in [0.3, 0.4) is 0 Å². The van der Waals surface area contributed by atoms with Crippen LogP contribution in [-0.2, 0) is 28.6 Å². The van der Waals surface area contributed by atoms with E-state index in [4.69, 9.17) is 14.2 Å². The van der Waals surface area contributed by atoms with E-state index in [-0.39, 0.29) is 31.1 Å². The van der Waals surface area contributed by atoms with Gasteiger partial charge in [-0.2, -0.15) is 0 Å². The van der Waals surface area contributed by atoms with Crippen LogP contribution >= 0.6 is 0 Å². The fourth-order valence-electron chi connectivity index (χ4n) is 8.32. The zero-order valence-electron chi connectivity index (χ0n) is 41.9. The van der Waals surface area contributed by atoms with Crippen molar-refractivity contribution in [1.29, 1.82) is 0 Å². The van der Waals surface area contributed by atoms with Crippen molar-refractivity contribution in [1.82, 2.24) is 0 Å². The Morgan fingerprint density at radius 1 is 0.306 bits per heavy atom. The molecule has 6 nitrogen and oxygen atoms in total. The molecule has 1 unspecified atom stereocenters. The SMILES string of the molecule is CCCCCCCC/C=C\CCCCCCCCCC(=O)OC(COC(=O)CCCCCCCCC)COC(=O)CCCCCCCCCCCCCCCCCCCCCC. The van der Waals surface area contributed by atoms with Gasteiger partial charge in [0.2, 0.25) is 0 Å². The predicted molar refractivity (Wildman–Crippen MR) is 266 cm³/mol. The van der Waals surface area contributed by atoms with Crippen molar-refractivity contribution in [2.24, 2.45) is 0 Å². The second kappa shape index (κ2) is 51.8. The van der Waals surface area contributed by atoms with E-state index in [2.05, 4.69) is 32.9 Å². The summed E-state index contributed by atoms with van der Waals surface area (Å²) < 4.78 is 16.8. The van der Waals surface area contributed by atoms with Crippen molar-refractivity contribution in [3.8, 4) is 0 Å². The van der Waals surface area contributed by atoms with Gasteiger partial charge in [0.25, 0.3) is 0 Å². The van der Waals surface area contributed by atoms with Crippen LogP contribution in [0.5, 0.6) is 0 Å². The molecular weight excluding hydrogens is 769 g/mol. The summed E-state index contributed by atoms with van der Waals surface area (Å²) in [6.45, 7) is 6.64. The lowest BCUT2D eigenvalue weighted by Gasteiger charge is -2.18. The largest absolute Gasteiger partial charge is 0.462 e. The van der Waals surface area contributed by atoms with E-state index in [1.807, 2.05) is 0 Å². The highest BCUT2D eigenvalue weighted by molar-refractivity contribution is 5.71. The van der Waals surface area contributed by atoms with E-state index in [0.717, 1.165) is 57.8 Å². The number of unbranched alkanes of at least 4 members (excludes halogenated alkanes) is 38. The van der Waals surface area contributed by atoms with Crippen LogP contribution in [0.4, 0.5) is 0 Å². The molecular formula is C56H106O6. The normalized spacial score (nSPS) is 12.0. The summed E-state index contributed by atoms with van der Waals surface area (Å²) in [5.74, 6) is -0.859. The molecule has 0 saturated heterocycles. The lowest BCUT2D eigenvalue weighted by atomic mass is 10.0. The van der Waals surface area contributed by atoms with Crippen LogP contribution < -0.4 is 0 Å². The molecule has 6 heteroatoms. The van der Waals surface area contributed by atoms with Crippen molar-refractivity contribution in [2.75, 3.05) is 13.2 Å². The number of esters is 3. The second-order valence-corrected chi connectivity index (χ2v) is 18.9. The van der Waals surface area contributed by atoms with Gasteiger partial charge in [-0.15, -0.1) is 0 Å². The molecule has 1 atom stereocenters. The molecule has 0 aliphatic carbocycles. The van der Waals surface area contributed by atoms with Gasteiger partial charge in [-0.05, 0) is 44.9 Å². The van der Waals surface area contributed by atoms with Gasteiger partial charge in [0.05, 0.1) is 0 Å². The van der Waals surface area contributed by atoms with Crippen LogP contribution in [0.2, 0.25) is 0 Å². The van der Waals surface area contributed by atoms with E-state index in [9.17, 15) is 14.4 Å². The van der Waals surface area contributed by atoms with E-state index < -0.39 is 6.10 Å². The van der Waals surface area contributed by atoms with Gasteiger partial charge in [-0.1, -0.05) is 258 Å². The monoisotopic (exact) mass is 875 g/mol. The van der Waals surface area contributed by atoms with E-state index >= 15 is 0 Å². The molecule has 0 radical (unpaired) electrons. The Bertz CT molecular complexity index is 962. The van der Waals surface area contributed by atoms with E-state index in [0.29, 0.717) is 19.3 Å². The van der Waals surface area contributed by atoms with Crippen molar-refractivity contribution in [3.05, 3.63) is 12.2 Å². The Balaban J connectivity index is 4.16. The third kappa shape index (κ3) is 49.2. The Morgan fingerprint density at radius 2 is 0.532 bits per heavy atom. The number of hydrogen-bond acceptors (Lipinski definition) is 6. The minimum absolute atomic E-state index is 0.0668. The summed E-state index contributed by atoms with van der Waals surface area (Å²) in [5.41, 5.74) is 0. The van der Waals surface area contributed by atoms with Gasteiger partial charge in [-0.25, -0.2) is 0 Å². The number of carbonyl (C=O) groups is 3. The molecule has 0 spiro atoms. The van der Waals surface area contributed by atoms with Gasteiger partial charge < -0.3 is 14.2 Å². The first-order chi connectivity index (χ1) is 30.5. The number of allylic oxidation sites excluding steroid dienone is 2. The maximum absolute atomic E-state index is 12.8. The Kier molecular flexibility index (Phi) is 50.2. The summed E-state index contributed by atoms with van der Waals surface area (Å²) in [5, 5.41) is 0. The average molecular weight is 875 g/mol. The van der Waals surface area contributed by atoms with Crippen molar-refractivity contribution >= 4 is 17.9 Å². The first-order valence-corrected chi connectivity index (χ1v) is 27.7. The van der Waals surface area contributed by atoms with Crippen LogP contribution in [-0.4, -0.2) is 37.2 Å². The molecule has 0 fully saturated rings. The summed E-state index contributed by atoms with van der Waals surface area (Å²) >= 11 is 0. The molecule has 0 aromatic heterocycles. The number of carbonyl (C=O) groups excluding carboxylic acids is 3. The van der Waals surface area contributed by atoms with Crippen LogP contribution in [0.25, 0.3) is 0 Å². The molecule has 0 N–H and O–H groups in total. The number of ether oxygens (including phenoxy) is 3. The maximum Gasteiger partial charge on any atom is 0.306 e. The molecule has 0 saturated carbocycles. The van der Waals surface area contributed by atoms with Crippen LogP contribution in [0.15, 0.2) is 12.2 Å². The topological polar surface area (TPSA) is 78.9 Å². The van der Waals surface area contributed by atoms with Gasteiger partial charge in [0.1, 0.15) is 13.2 Å². The maximum atomic E-state index is 12.8. The summed E-state index contributed by atoms with van der Waals surface area (Å²) in [7, 11) is 0. The molecule has 0 aliphatic rings. The highest BCUT2D eigenvalue weighted by atomic mass is 16.6. The quantitative estimate of drug-likeness (QED) is 0.0262. The summed E-state index contributed by atoms with van der Waals surface area (Å²) in [4.78, 5) is 37.9. The fraction of sp³-hybridized carbons (Fsp3) is 0.911. The van der Waals surface area contributed by atoms with Crippen molar-refractivity contribution in [3.63, 3.8) is 0 Å². The van der Waals surface area contributed by atoms with Crippen LogP contribution in [0, 0.1) is 0 Å². The van der Waals surface area contributed by atoms with Gasteiger partial charge in [-0.3, -0.25) is 14.4 Å². The number of hydrogen-bond donors (Lipinski definition) is 0. The Morgan fingerprint density at radius 3 is 0.806 bits per heavy atom. The second-order valence-electron chi connectivity index (χ2n) is 18.9. The van der Waals surface area contributed by atoms with Crippen molar-refractivity contribution in [2.45, 2.75) is 316 Å². The molecule has 0 bridgehead atoms. The molecule has 0 heterocycles. The predicted octanol–water partition coefficient (Wildman–Crippen LogP) is 18.2. The zero-order chi connectivity index (χ0) is 45.1. The minimum atomic E-state index is -0.765. The first kappa shape index (κ1) is 60.2. The molecule has 0 aromatic carbocycles. The Hall–Kier alpha value is -1.85. The lowest BCUT2D eigenvalue weighted by Crippen LogP contribution is -2.30. The molecule has 0 aromatic rings. The molecule has 366 valence electrons. The number of rotatable bonds is 51. The van der Waals surface area contributed by atoms with Gasteiger partial charge in [0, 0.05) is 19.3 Å². The highest BCUT2D eigenvalue weighted by Gasteiger charge is 2.19. The van der Waals surface area contributed by atoms with Gasteiger partial charge in [0.15, 0.2) is 6.10 Å². The van der Waals surface area contributed by atoms with E-state index in [1.165, 1.54) is 212 Å². The third-order valence-electron chi connectivity index (χ3n) is 12.5. The molecule has 0 amide bonds. The Labute approximate surface area is 386 Å². The molecule has 62 heavy (non-hydrogen) atoms. The summed E-state index contributed by atoms with van der Waals surface area (Å²) in [6, 6.07) is 0. The first-order valence-electron chi connectivity index (χ1n) is 27.7. The smallest absolute Gasteiger partial charge is 0.306 e. The minimum Gasteiger partial charge on any atom is -0.462 e. The summed E-state index contributed by atoms with van der Waals surface area (Å²) in [6.07, 6.45) is 57.9. The van der Waals surface area contributed by atoms with Gasteiger partial charge >= 0.3 is 17.9 Å². The molecule has 0 aliphatic heterocycles. The third-order valence-corrected chi connectivity index (χ3v) is 12.5. The standard InChI is InChI=1S/C56H106O6/c1-4-7-10-13-16-18-20-22-24-26-27-28-30-31-33-35-37-40-43-46-49-55(58)61-52-53(51-60-54(57)48-45-42-39-15-12-9-6-3)62-56(59)50-47-44-41-38-36-34-32-29-25-23-21-19-17-14-11-8-5-2/h23,25,53H,4-22,24,26-52H2,1-3H3/b25-23-. The lowest BCUT2D eigenvalue weighted by molar-refractivity contribution is -0.167. The zero-order valence-corrected chi connectivity index (χ0v) is 41.9. The fourth-order valence-corrected chi connectivity index (χ4v) is 8.32. The highest BCUT2D eigenvalue weighted by Crippen LogP contribution is 2.17. The van der Waals surface area contributed by atoms with E-state index in [1.54, 1.807) is 0 Å².